The normalized spacial score (nSPS) is 17.0. The lowest BCUT2D eigenvalue weighted by Gasteiger charge is -2.16. The number of aryl methyl sites for hydroxylation is 1. The molecular formula is C15H22N4O3. The smallest absolute Gasteiger partial charge is 0.268 e. The summed E-state index contributed by atoms with van der Waals surface area (Å²) in [6.45, 7) is 5.65. The molecule has 0 radical (unpaired) electrons. The second-order valence-corrected chi connectivity index (χ2v) is 5.50. The molecule has 0 bridgehead atoms. The highest BCUT2D eigenvalue weighted by molar-refractivity contribution is 6.05. The molecule has 1 aliphatic heterocycles. The van der Waals surface area contributed by atoms with Crippen molar-refractivity contribution in [1.82, 2.24) is 20.2 Å². The van der Waals surface area contributed by atoms with Crippen LogP contribution in [0.3, 0.4) is 0 Å². The van der Waals surface area contributed by atoms with E-state index >= 15 is 0 Å². The number of carbonyl (C=O) groups excluding carboxylic acids is 2. The number of methoxy groups -OCH3 is 1. The maximum Gasteiger partial charge on any atom is 0.268 e. The third-order valence-corrected chi connectivity index (χ3v) is 3.41. The van der Waals surface area contributed by atoms with Crippen molar-refractivity contribution < 1.29 is 14.3 Å². The average molecular weight is 306 g/mol. The Hall–Kier alpha value is -2.15. The maximum absolute atomic E-state index is 11.8. The molecule has 0 saturated carbocycles. The Labute approximate surface area is 129 Å². The Kier molecular flexibility index (Phi) is 5.32. The fourth-order valence-corrected chi connectivity index (χ4v) is 2.45. The van der Waals surface area contributed by atoms with E-state index in [1.807, 2.05) is 0 Å². The second-order valence-electron chi connectivity index (χ2n) is 5.50. The average Bonchev–Trinajstić information content (AvgIpc) is 2.86. The zero-order valence-corrected chi connectivity index (χ0v) is 13.2. The summed E-state index contributed by atoms with van der Waals surface area (Å²) in [7, 11) is 1.68. The number of nitrogens with one attached hydrogen (secondary N) is 2. The molecule has 120 valence electrons. The van der Waals surface area contributed by atoms with Gasteiger partial charge in [0, 0.05) is 26.0 Å². The van der Waals surface area contributed by atoms with Gasteiger partial charge in [-0.3, -0.25) is 9.59 Å². The number of ether oxygens (including phenoxy) is 1. The standard InChI is InChI=1S/C15H22N4O3/c1-10(2)14-11(17-9-19(14)5-4-6-22-3)7-12-15(21)16-8-13(20)18-12/h7,9-10H,4-6,8H2,1-3H3,(H,16,21)(H,18,20). The van der Waals surface area contributed by atoms with Crippen molar-refractivity contribution in [3.63, 3.8) is 0 Å². The van der Waals surface area contributed by atoms with Gasteiger partial charge in [0.15, 0.2) is 0 Å². The third-order valence-electron chi connectivity index (χ3n) is 3.41. The Morgan fingerprint density at radius 1 is 1.45 bits per heavy atom. The Morgan fingerprint density at radius 2 is 2.23 bits per heavy atom. The number of carbonyl (C=O) groups is 2. The van der Waals surface area contributed by atoms with Gasteiger partial charge in [0.05, 0.1) is 18.6 Å². The van der Waals surface area contributed by atoms with Gasteiger partial charge in [0.25, 0.3) is 5.91 Å². The van der Waals surface area contributed by atoms with Gasteiger partial charge in [-0.05, 0) is 18.4 Å². The first-order valence-corrected chi connectivity index (χ1v) is 7.36. The van der Waals surface area contributed by atoms with Crippen LogP contribution in [0.2, 0.25) is 0 Å². The summed E-state index contributed by atoms with van der Waals surface area (Å²) in [5, 5.41) is 5.11. The van der Waals surface area contributed by atoms with Crippen LogP contribution in [-0.4, -0.2) is 41.6 Å². The number of piperazine rings is 1. The largest absolute Gasteiger partial charge is 0.385 e. The third kappa shape index (κ3) is 3.73. The molecule has 7 heteroatoms. The van der Waals surface area contributed by atoms with E-state index in [0.717, 1.165) is 18.7 Å². The molecule has 2 heterocycles. The van der Waals surface area contributed by atoms with E-state index in [1.54, 1.807) is 19.5 Å². The van der Waals surface area contributed by atoms with Crippen molar-refractivity contribution in [2.45, 2.75) is 32.7 Å². The summed E-state index contributed by atoms with van der Waals surface area (Å²) in [4.78, 5) is 27.6. The molecule has 2 amide bonds. The van der Waals surface area contributed by atoms with Crippen LogP contribution in [0.1, 0.15) is 37.6 Å². The van der Waals surface area contributed by atoms with Crippen LogP contribution in [0, 0.1) is 0 Å². The molecule has 0 aliphatic carbocycles. The van der Waals surface area contributed by atoms with Crippen LogP contribution in [0.25, 0.3) is 6.08 Å². The molecule has 0 atom stereocenters. The topological polar surface area (TPSA) is 85.2 Å². The molecule has 2 N–H and O–H groups in total. The van der Waals surface area contributed by atoms with Crippen molar-refractivity contribution in [3.8, 4) is 0 Å². The molecule has 1 fully saturated rings. The predicted octanol–water partition coefficient (Wildman–Crippen LogP) is 0.630. The Balaban J connectivity index is 2.26. The minimum Gasteiger partial charge on any atom is -0.385 e. The molecule has 0 spiro atoms. The molecule has 1 saturated heterocycles. The van der Waals surface area contributed by atoms with E-state index in [9.17, 15) is 9.59 Å². The number of imidazole rings is 1. The maximum atomic E-state index is 11.8. The summed E-state index contributed by atoms with van der Waals surface area (Å²) < 4.78 is 7.14. The SMILES string of the molecule is COCCCn1cnc(C=C2NC(=O)CNC2=O)c1C(C)C. The summed E-state index contributed by atoms with van der Waals surface area (Å²) in [6, 6.07) is 0. The summed E-state index contributed by atoms with van der Waals surface area (Å²) >= 11 is 0. The Bertz CT molecular complexity index is 590. The zero-order chi connectivity index (χ0) is 16.1. The van der Waals surface area contributed by atoms with Crippen LogP contribution < -0.4 is 10.6 Å². The van der Waals surface area contributed by atoms with Crippen molar-refractivity contribution in [2.24, 2.45) is 0 Å². The minimum atomic E-state index is -0.289. The van der Waals surface area contributed by atoms with Crippen molar-refractivity contribution in [3.05, 3.63) is 23.4 Å². The fourth-order valence-electron chi connectivity index (χ4n) is 2.45. The minimum absolute atomic E-state index is 0.0126. The van der Waals surface area contributed by atoms with Crippen molar-refractivity contribution >= 4 is 17.9 Å². The number of rotatable bonds is 6. The van der Waals surface area contributed by atoms with Crippen LogP contribution in [0.5, 0.6) is 0 Å². The summed E-state index contributed by atoms with van der Waals surface area (Å²) in [6.07, 6.45) is 4.29. The molecule has 0 unspecified atom stereocenters. The lowest BCUT2D eigenvalue weighted by atomic mass is 10.1. The highest BCUT2D eigenvalue weighted by atomic mass is 16.5. The van der Waals surface area contributed by atoms with Crippen LogP contribution in [0.15, 0.2) is 12.0 Å². The lowest BCUT2D eigenvalue weighted by molar-refractivity contribution is -0.127. The lowest BCUT2D eigenvalue weighted by Crippen LogP contribution is -2.46. The number of nitrogens with zero attached hydrogens (tertiary/aromatic N) is 2. The second kappa shape index (κ2) is 7.22. The Morgan fingerprint density at radius 3 is 2.91 bits per heavy atom. The van der Waals surface area contributed by atoms with Gasteiger partial charge >= 0.3 is 0 Å². The molecule has 0 aromatic carbocycles. The van der Waals surface area contributed by atoms with Crippen LogP contribution in [0.4, 0.5) is 0 Å². The highest BCUT2D eigenvalue weighted by Gasteiger charge is 2.21. The summed E-state index contributed by atoms with van der Waals surface area (Å²) in [5.74, 6) is -0.265. The molecule has 1 aromatic heterocycles. The summed E-state index contributed by atoms with van der Waals surface area (Å²) in [5.41, 5.74) is 1.98. The van der Waals surface area contributed by atoms with Crippen molar-refractivity contribution in [2.75, 3.05) is 20.3 Å². The molecule has 1 aromatic rings. The first-order valence-electron chi connectivity index (χ1n) is 7.36. The monoisotopic (exact) mass is 306 g/mol. The quantitative estimate of drug-likeness (QED) is 0.596. The number of hydrogen-bond acceptors (Lipinski definition) is 4. The highest BCUT2D eigenvalue weighted by Crippen LogP contribution is 2.21. The van der Waals surface area contributed by atoms with E-state index in [2.05, 4.69) is 34.0 Å². The zero-order valence-electron chi connectivity index (χ0n) is 13.2. The van der Waals surface area contributed by atoms with E-state index in [1.165, 1.54) is 0 Å². The van der Waals surface area contributed by atoms with Gasteiger partial charge in [0.1, 0.15) is 5.70 Å². The number of aromatic nitrogens is 2. The van der Waals surface area contributed by atoms with Gasteiger partial charge < -0.3 is 19.9 Å². The molecule has 1 aliphatic rings. The predicted molar refractivity (Wildman–Crippen MR) is 81.9 cm³/mol. The van der Waals surface area contributed by atoms with Crippen LogP contribution in [-0.2, 0) is 20.9 Å². The number of amides is 2. The van der Waals surface area contributed by atoms with Crippen LogP contribution >= 0.6 is 0 Å². The van der Waals surface area contributed by atoms with Gasteiger partial charge in [-0.15, -0.1) is 0 Å². The molecule has 22 heavy (non-hydrogen) atoms. The first-order chi connectivity index (χ1) is 10.5. The fraction of sp³-hybridized carbons (Fsp3) is 0.533. The number of hydrogen-bond donors (Lipinski definition) is 2. The van der Waals surface area contributed by atoms with Gasteiger partial charge in [-0.2, -0.15) is 0 Å². The van der Waals surface area contributed by atoms with E-state index in [-0.39, 0.29) is 30.0 Å². The van der Waals surface area contributed by atoms with E-state index in [0.29, 0.717) is 12.3 Å². The van der Waals surface area contributed by atoms with Gasteiger partial charge in [-0.1, -0.05) is 13.8 Å². The van der Waals surface area contributed by atoms with Crippen molar-refractivity contribution in [1.29, 1.82) is 0 Å². The van der Waals surface area contributed by atoms with Gasteiger partial charge in [0.2, 0.25) is 5.91 Å². The van der Waals surface area contributed by atoms with E-state index < -0.39 is 0 Å². The molecule has 2 rings (SSSR count). The first kappa shape index (κ1) is 16.2. The molecule has 7 nitrogen and oxygen atoms in total. The van der Waals surface area contributed by atoms with E-state index in [4.69, 9.17) is 4.74 Å². The van der Waals surface area contributed by atoms with Gasteiger partial charge in [-0.25, -0.2) is 4.98 Å². The molecular weight excluding hydrogens is 284 g/mol.